The molecule has 0 aliphatic carbocycles. The van der Waals surface area contributed by atoms with Gasteiger partial charge in [-0.3, -0.25) is 4.79 Å². The number of hydrogen-bond acceptors (Lipinski definition) is 4. The fourth-order valence-electron chi connectivity index (χ4n) is 1.63. The van der Waals surface area contributed by atoms with Crippen LogP contribution in [0.1, 0.15) is 10.9 Å². The molecule has 1 aromatic carbocycles. The zero-order valence-corrected chi connectivity index (χ0v) is 12.4. The molecule has 0 aliphatic heterocycles. The molecule has 1 rings (SSSR count). The zero-order chi connectivity index (χ0) is 14.6. The molecule has 1 unspecified atom stereocenters. The third kappa shape index (κ3) is 3.23. The molecule has 0 aromatic heterocycles. The molecule has 106 valence electrons. The summed E-state index contributed by atoms with van der Waals surface area (Å²) in [7, 11) is 7.82. The predicted octanol–water partition coefficient (Wildman–Crippen LogP) is 2.08. The van der Waals surface area contributed by atoms with Crippen molar-refractivity contribution in [2.24, 2.45) is 0 Å². The Morgan fingerprint density at radius 2 is 1.58 bits per heavy atom. The third-order valence-corrected chi connectivity index (χ3v) is 3.07. The van der Waals surface area contributed by atoms with Gasteiger partial charge in [0.05, 0.1) is 26.9 Å². The van der Waals surface area contributed by atoms with Gasteiger partial charge in [-0.25, -0.2) is 0 Å². The summed E-state index contributed by atoms with van der Waals surface area (Å²) in [6.07, 6.45) is 0. The summed E-state index contributed by atoms with van der Waals surface area (Å²) in [6.45, 7) is 0. The van der Waals surface area contributed by atoms with Gasteiger partial charge in [-0.2, -0.15) is 0 Å². The molecule has 0 saturated carbocycles. The van der Waals surface area contributed by atoms with Gasteiger partial charge < -0.3 is 19.1 Å². The van der Waals surface area contributed by atoms with Crippen molar-refractivity contribution in [3.63, 3.8) is 0 Å². The molecule has 0 spiro atoms. The van der Waals surface area contributed by atoms with Gasteiger partial charge >= 0.3 is 0 Å². The number of carbonyl (C=O) groups is 1. The maximum atomic E-state index is 12.0. The van der Waals surface area contributed by atoms with E-state index in [9.17, 15) is 4.79 Å². The molecule has 0 radical (unpaired) electrons. The van der Waals surface area contributed by atoms with Gasteiger partial charge in [-0.15, -0.1) is 11.6 Å². The lowest BCUT2D eigenvalue weighted by atomic mass is 10.1. The van der Waals surface area contributed by atoms with Crippen LogP contribution in [0, 0.1) is 0 Å². The number of carbonyl (C=O) groups excluding carboxylic acids is 1. The Morgan fingerprint density at radius 3 is 1.89 bits per heavy atom. The van der Waals surface area contributed by atoms with Crippen molar-refractivity contribution >= 4 is 17.5 Å². The number of methoxy groups -OCH3 is 3. The number of ether oxygens (including phenoxy) is 3. The molecular formula is C13H18ClNO4. The Balaban J connectivity index is 3.35. The lowest BCUT2D eigenvalue weighted by Crippen LogP contribution is -2.26. The van der Waals surface area contributed by atoms with E-state index in [1.165, 1.54) is 26.2 Å². The largest absolute Gasteiger partial charge is 0.496 e. The minimum Gasteiger partial charge on any atom is -0.496 e. The number of nitrogens with zero attached hydrogens (tertiary/aromatic N) is 1. The number of hydrogen-bond donors (Lipinski definition) is 0. The summed E-state index contributed by atoms with van der Waals surface area (Å²) >= 11 is 6.22. The first-order valence-electron chi connectivity index (χ1n) is 5.61. The van der Waals surface area contributed by atoms with Gasteiger partial charge in [-0.05, 0) is 0 Å². The number of amides is 1. The second-order valence-electron chi connectivity index (χ2n) is 4.04. The molecule has 1 atom stereocenters. The van der Waals surface area contributed by atoms with Crippen LogP contribution in [0.15, 0.2) is 12.1 Å². The topological polar surface area (TPSA) is 48.0 Å². The maximum Gasteiger partial charge on any atom is 0.244 e. The summed E-state index contributed by atoms with van der Waals surface area (Å²) in [5, 5.41) is -0.884. The minimum atomic E-state index is -0.884. The molecule has 1 amide bonds. The van der Waals surface area contributed by atoms with E-state index in [1.54, 1.807) is 26.2 Å². The van der Waals surface area contributed by atoms with Crippen LogP contribution in [-0.2, 0) is 4.79 Å². The lowest BCUT2D eigenvalue weighted by Gasteiger charge is -2.20. The van der Waals surface area contributed by atoms with Gasteiger partial charge in [0, 0.05) is 26.2 Å². The first-order chi connectivity index (χ1) is 8.96. The van der Waals surface area contributed by atoms with Crippen LogP contribution in [0.3, 0.4) is 0 Å². The van der Waals surface area contributed by atoms with E-state index in [-0.39, 0.29) is 5.91 Å². The van der Waals surface area contributed by atoms with Crippen LogP contribution < -0.4 is 14.2 Å². The van der Waals surface area contributed by atoms with Crippen molar-refractivity contribution in [3.8, 4) is 17.2 Å². The summed E-state index contributed by atoms with van der Waals surface area (Å²) in [5.74, 6) is 1.22. The zero-order valence-electron chi connectivity index (χ0n) is 11.7. The van der Waals surface area contributed by atoms with Gasteiger partial charge in [-0.1, -0.05) is 0 Å². The smallest absolute Gasteiger partial charge is 0.244 e. The van der Waals surface area contributed by atoms with Crippen molar-refractivity contribution in [2.75, 3.05) is 35.4 Å². The van der Waals surface area contributed by atoms with Crippen molar-refractivity contribution in [1.29, 1.82) is 0 Å². The number of benzene rings is 1. The normalized spacial score (nSPS) is 11.7. The van der Waals surface area contributed by atoms with Crippen molar-refractivity contribution in [3.05, 3.63) is 17.7 Å². The van der Waals surface area contributed by atoms with Gasteiger partial charge in [0.1, 0.15) is 22.6 Å². The number of alkyl halides is 1. The first kappa shape index (κ1) is 15.4. The van der Waals surface area contributed by atoms with Gasteiger partial charge in [0.15, 0.2) is 0 Å². The molecule has 19 heavy (non-hydrogen) atoms. The van der Waals surface area contributed by atoms with Crippen molar-refractivity contribution in [2.45, 2.75) is 5.38 Å². The highest BCUT2D eigenvalue weighted by atomic mass is 35.5. The quantitative estimate of drug-likeness (QED) is 0.778. The van der Waals surface area contributed by atoms with Gasteiger partial charge in [0.2, 0.25) is 5.91 Å². The Kier molecular flexibility index (Phi) is 5.30. The fraction of sp³-hybridized carbons (Fsp3) is 0.462. The SMILES string of the molecule is COc1cc(OC)c(C(Cl)C(=O)N(C)C)c(OC)c1. The molecule has 0 fully saturated rings. The number of rotatable bonds is 5. The lowest BCUT2D eigenvalue weighted by molar-refractivity contribution is -0.128. The highest BCUT2D eigenvalue weighted by Gasteiger charge is 2.27. The minimum absolute atomic E-state index is 0.247. The summed E-state index contributed by atoms with van der Waals surface area (Å²) in [5.41, 5.74) is 0.492. The summed E-state index contributed by atoms with van der Waals surface area (Å²) in [4.78, 5) is 13.4. The fourth-order valence-corrected chi connectivity index (χ4v) is 2.04. The molecule has 1 aromatic rings. The highest BCUT2D eigenvalue weighted by molar-refractivity contribution is 6.31. The second kappa shape index (κ2) is 6.52. The number of likely N-dealkylation sites (N-methyl/N-ethyl adjacent to an activating group) is 1. The van der Waals surface area contributed by atoms with Crippen molar-refractivity contribution < 1.29 is 19.0 Å². The molecule has 0 heterocycles. The molecule has 0 aliphatic rings. The van der Waals surface area contributed by atoms with Crippen molar-refractivity contribution in [1.82, 2.24) is 4.90 Å². The van der Waals surface area contributed by atoms with E-state index in [2.05, 4.69) is 0 Å². The van der Waals surface area contributed by atoms with E-state index < -0.39 is 5.38 Å². The van der Waals surface area contributed by atoms with Crippen LogP contribution in [0.4, 0.5) is 0 Å². The molecule has 0 N–H and O–H groups in total. The predicted molar refractivity (Wildman–Crippen MR) is 73.4 cm³/mol. The van der Waals surface area contributed by atoms with Crippen LogP contribution in [-0.4, -0.2) is 46.2 Å². The average Bonchev–Trinajstić information content (AvgIpc) is 2.43. The Morgan fingerprint density at radius 1 is 1.11 bits per heavy atom. The molecule has 6 heteroatoms. The van der Waals surface area contributed by atoms with E-state index in [0.717, 1.165) is 0 Å². The number of halogens is 1. The monoisotopic (exact) mass is 287 g/mol. The van der Waals surface area contributed by atoms with Crippen LogP contribution >= 0.6 is 11.6 Å². The molecule has 0 saturated heterocycles. The van der Waals surface area contributed by atoms with E-state index in [4.69, 9.17) is 25.8 Å². The standard InChI is InChI=1S/C13H18ClNO4/c1-15(2)13(16)12(14)11-9(18-4)6-8(17-3)7-10(11)19-5/h6-7,12H,1-5H3. The second-order valence-corrected chi connectivity index (χ2v) is 4.48. The summed E-state index contributed by atoms with van der Waals surface area (Å²) in [6, 6.07) is 3.33. The maximum absolute atomic E-state index is 12.0. The Bertz CT molecular complexity index is 437. The molecular weight excluding hydrogens is 270 g/mol. The Labute approximate surface area is 118 Å². The molecule has 0 bridgehead atoms. The van der Waals surface area contributed by atoms with Gasteiger partial charge in [0.25, 0.3) is 0 Å². The van der Waals surface area contributed by atoms with E-state index >= 15 is 0 Å². The summed E-state index contributed by atoms with van der Waals surface area (Å²) < 4.78 is 15.7. The van der Waals surface area contributed by atoms with Crippen LogP contribution in [0.2, 0.25) is 0 Å². The first-order valence-corrected chi connectivity index (χ1v) is 6.05. The average molecular weight is 288 g/mol. The third-order valence-electron chi connectivity index (χ3n) is 2.66. The van der Waals surface area contributed by atoms with E-state index in [0.29, 0.717) is 22.8 Å². The Hall–Kier alpha value is -1.62. The van der Waals surface area contributed by atoms with E-state index in [1.807, 2.05) is 0 Å². The van der Waals surface area contributed by atoms with Crippen LogP contribution in [0.25, 0.3) is 0 Å². The van der Waals surface area contributed by atoms with Crippen LogP contribution in [0.5, 0.6) is 17.2 Å². The highest BCUT2D eigenvalue weighted by Crippen LogP contribution is 2.41. The molecule has 5 nitrogen and oxygen atoms in total.